The zero-order valence-electron chi connectivity index (χ0n) is 23.4. The predicted molar refractivity (Wildman–Crippen MR) is 142 cm³/mol. The van der Waals surface area contributed by atoms with Gasteiger partial charge in [0.1, 0.15) is 5.75 Å². The maximum Gasteiger partial charge on any atom is 0.303 e. The number of hydrogen-bond acceptors (Lipinski definition) is 13. The van der Waals surface area contributed by atoms with Crippen molar-refractivity contribution < 1.29 is 61.2 Å². The Labute approximate surface area is 241 Å². The van der Waals surface area contributed by atoms with Crippen molar-refractivity contribution in [1.82, 2.24) is 0 Å². The first-order valence-corrected chi connectivity index (χ1v) is 14.4. The standard InChI is InChI=1S/C28H30O13S/c1-15(30)28(14-29)26(39-18(4)33)24(37-16(2)31)25(38-17(3)32)27(41-28)40-21-10-6-19(7-11-21)23(34)20-8-12-22(13-9-20)42(5,35)36/h6-13,24-27,29H,14H2,1-5H3/t24-,25-,26+,27+,28+/m1/s1. The van der Waals surface area contributed by atoms with Crippen LogP contribution in [-0.4, -0.2) is 86.1 Å². The van der Waals surface area contributed by atoms with Gasteiger partial charge in [-0.15, -0.1) is 0 Å². The van der Waals surface area contributed by atoms with Gasteiger partial charge in [0.15, 0.2) is 39.2 Å². The molecule has 13 nitrogen and oxygen atoms in total. The number of ketones is 2. The lowest BCUT2D eigenvalue weighted by atomic mass is 9.83. The van der Waals surface area contributed by atoms with E-state index < -0.39 is 76.1 Å². The summed E-state index contributed by atoms with van der Waals surface area (Å²) in [5.74, 6) is -3.78. The summed E-state index contributed by atoms with van der Waals surface area (Å²) in [4.78, 5) is 61.7. The summed E-state index contributed by atoms with van der Waals surface area (Å²) < 4.78 is 51.0. The zero-order chi connectivity index (χ0) is 31.4. The molecule has 0 bridgehead atoms. The highest BCUT2D eigenvalue weighted by molar-refractivity contribution is 7.90. The van der Waals surface area contributed by atoms with Crippen molar-refractivity contribution in [1.29, 1.82) is 0 Å². The molecule has 1 aliphatic rings. The van der Waals surface area contributed by atoms with Crippen molar-refractivity contribution in [2.45, 2.75) is 62.8 Å². The van der Waals surface area contributed by atoms with E-state index in [0.29, 0.717) is 0 Å². The van der Waals surface area contributed by atoms with Gasteiger partial charge in [-0.05, 0) is 55.5 Å². The largest absolute Gasteiger partial charge is 0.461 e. The number of carbonyl (C=O) groups excluding carboxylic acids is 5. The second-order valence-corrected chi connectivity index (χ2v) is 11.6. The number of benzene rings is 2. The van der Waals surface area contributed by atoms with Gasteiger partial charge in [-0.3, -0.25) is 24.0 Å². The Kier molecular flexibility index (Phi) is 9.86. The van der Waals surface area contributed by atoms with Crippen molar-refractivity contribution in [2.24, 2.45) is 0 Å². The Balaban J connectivity index is 1.96. The molecule has 1 fully saturated rings. The van der Waals surface area contributed by atoms with Crippen molar-refractivity contribution in [3.63, 3.8) is 0 Å². The highest BCUT2D eigenvalue weighted by atomic mass is 32.2. The van der Waals surface area contributed by atoms with Gasteiger partial charge in [-0.1, -0.05) is 0 Å². The van der Waals surface area contributed by atoms with Crippen molar-refractivity contribution in [3.05, 3.63) is 59.7 Å². The van der Waals surface area contributed by atoms with Crippen LogP contribution in [0.15, 0.2) is 53.4 Å². The fourth-order valence-electron chi connectivity index (χ4n) is 4.36. The molecule has 1 saturated heterocycles. The Morgan fingerprint density at radius 2 is 1.26 bits per heavy atom. The molecule has 0 spiro atoms. The third-order valence-electron chi connectivity index (χ3n) is 6.32. The van der Waals surface area contributed by atoms with Gasteiger partial charge in [0, 0.05) is 38.2 Å². The quantitative estimate of drug-likeness (QED) is 0.231. The molecule has 14 heteroatoms. The van der Waals surface area contributed by atoms with Crippen molar-refractivity contribution in [3.8, 4) is 5.75 Å². The molecule has 3 rings (SSSR count). The van der Waals surface area contributed by atoms with E-state index >= 15 is 0 Å². The molecule has 0 aromatic heterocycles. The molecular formula is C28H30O13S. The number of aliphatic hydroxyl groups excluding tert-OH is 1. The minimum atomic E-state index is -3.44. The minimum Gasteiger partial charge on any atom is -0.461 e. The minimum absolute atomic E-state index is 0.0593. The van der Waals surface area contributed by atoms with Crippen LogP contribution in [0.25, 0.3) is 0 Å². The Morgan fingerprint density at radius 3 is 1.69 bits per heavy atom. The molecule has 2 aromatic carbocycles. The summed E-state index contributed by atoms with van der Waals surface area (Å²) in [5, 5.41) is 10.3. The average molecular weight is 607 g/mol. The molecule has 0 amide bonds. The van der Waals surface area contributed by atoms with E-state index in [0.717, 1.165) is 34.0 Å². The smallest absolute Gasteiger partial charge is 0.303 e. The molecular weight excluding hydrogens is 576 g/mol. The van der Waals surface area contributed by atoms with E-state index in [4.69, 9.17) is 23.7 Å². The highest BCUT2D eigenvalue weighted by Crippen LogP contribution is 2.37. The predicted octanol–water partition coefficient (Wildman–Crippen LogP) is 1.17. The summed E-state index contributed by atoms with van der Waals surface area (Å²) >= 11 is 0. The highest BCUT2D eigenvalue weighted by Gasteiger charge is 2.63. The van der Waals surface area contributed by atoms with Gasteiger partial charge < -0.3 is 28.8 Å². The lowest BCUT2D eigenvalue weighted by Gasteiger charge is -2.49. The molecule has 2 aromatic rings. The SMILES string of the molecule is CC(=O)O[C@@H]1[C@@H](OC(C)=O)[C@@H](Oc2ccc(C(=O)c3ccc(S(C)(=O)=O)cc3)cc2)O[C@@](CO)(C(C)=O)[C@H]1OC(C)=O. The van der Waals surface area contributed by atoms with E-state index in [1.54, 1.807) is 0 Å². The summed E-state index contributed by atoms with van der Waals surface area (Å²) in [6.45, 7) is 3.17. The second-order valence-electron chi connectivity index (χ2n) is 9.54. The topological polar surface area (TPSA) is 186 Å². The fourth-order valence-corrected chi connectivity index (χ4v) is 4.99. The fraction of sp³-hybridized carbons (Fsp3) is 0.393. The third-order valence-corrected chi connectivity index (χ3v) is 7.45. The first-order chi connectivity index (χ1) is 19.6. The Bertz CT molecular complexity index is 1460. The van der Waals surface area contributed by atoms with Crippen LogP contribution < -0.4 is 4.74 Å². The summed E-state index contributed by atoms with van der Waals surface area (Å²) in [6, 6.07) is 11.0. The number of ether oxygens (including phenoxy) is 5. The Hall–Kier alpha value is -4.14. The molecule has 0 radical (unpaired) electrons. The lowest BCUT2D eigenvalue weighted by Crippen LogP contribution is -2.71. The van der Waals surface area contributed by atoms with Gasteiger partial charge in [0.2, 0.25) is 12.4 Å². The van der Waals surface area contributed by atoms with Crippen LogP contribution in [-0.2, 0) is 48.0 Å². The van der Waals surface area contributed by atoms with E-state index in [1.165, 1.54) is 48.5 Å². The third kappa shape index (κ3) is 7.19. The first-order valence-electron chi connectivity index (χ1n) is 12.5. The van der Waals surface area contributed by atoms with E-state index in [9.17, 15) is 37.5 Å². The number of carbonyl (C=O) groups is 5. The van der Waals surface area contributed by atoms with Crippen LogP contribution in [0.1, 0.15) is 43.6 Å². The molecule has 226 valence electrons. The zero-order valence-corrected chi connectivity index (χ0v) is 24.2. The molecule has 1 N–H and O–H groups in total. The van der Waals surface area contributed by atoms with Crippen molar-refractivity contribution >= 4 is 39.3 Å². The molecule has 1 heterocycles. The van der Waals surface area contributed by atoms with Crippen LogP contribution in [0, 0.1) is 0 Å². The molecule has 0 saturated carbocycles. The summed E-state index contributed by atoms with van der Waals surface area (Å²) in [5.41, 5.74) is -1.81. The van der Waals surface area contributed by atoms with Crippen LogP contribution in [0.2, 0.25) is 0 Å². The number of sulfone groups is 1. The maximum atomic E-state index is 12.9. The number of hydrogen-bond donors (Lipinski definition) is 1. The number of aliphatic hydroxyl groups is 1. The molecule has 1 aliphatic heterocycles. The van der Waals surface area contributed by atoms with Crippen LogP contribution in [0.4, 0.5) is 0 Å². The van der Waals surface area contributed by atoms with Crippen LogP contribution in [0.3, 0.4) is 0 Å². The number of rotatable bonds is 10. The molecule has 42 heavy (non-hydrogen) atoms. The van der Waals surface area contributed by atoms with Crippen molar-refractivity contribution in [2.75, 3.05) is 12.9 Å². The number of Topliss-reactive ketones (excluding diaryl/α,β-unsaturated/α-hetero) is 1. The molecule has 5 atom stereocenters. The van der Waals surface area contributed by atoms with E-state index in [1.807, 2.05) is 0 Å². The molecule has 0 unspecified atom stereocenters. The lowest BCUT2D eigenvalue weighted by molar-refractivity contribution is -0.313. The average Bonchev–Trinajstić information content (AvgIpc) is 2.90. The monoisotopic (exact) mass is 606 g/mol. The van der Waals surface area contributed by atoms with Crippen LogP contribution >= 0.6 is 0 Å². The van der Waals surface area contributed by atoms with Crippen LogP contribution in [0.5, 0.6) is 5.75 Å². The Morgan fingerprint density at radius 1 is 0.786 bits per heavy atom. The summed E-state index contributed by atoms with van der Waals surface area (Å²) in [6.07, 6.45) is -5.51. The maximum absolute atomic E-state index is 12.9. The van der Waals surface area contributed by atoms with Gasteiger partial charge >= 0.3 is 17.9 Å². The van der Waals surface area contributed by atoms with Gasteiger partial charge in [0.05, 0.1) is 11.5 Å². The van der Waals surface area contributed by atoms with Gasteiger partial charge in [-0.25, -0.2) is 8.42 Å². The number of esters is 3. The van der Waals surface area contributed by atoms with Gasteiger partial charge in [0.25, 0.3) is 0 Å². The first kappa shape index (κ1) is 32.4. The van der Waals surface area contributed by atoms with Gasteiger partial charge in [-0.2, -0.15) is 0 Å². The summed E-state index contributed by atoms with van der Waals surface area (Å²) in [7, 11) is -3.44. The normalized spacial score (nSPS) is 23.8. The van der Waals surface area contributed by atoms with E-state index in [-0.39, 0.29) is 21.8 Å². The van der Waals surface area contributed by atoms with E-state index in [2.05, 4.69) is 0 Å². The molecule has 0 aliphatic carbocycles. The second kappa shape index (κ2) is 12.8.